The maximum absolute atomic E-state index is 8.00. The van der Waals surface area contributed by atoms with E-state index < -0.39 is 0 Å². The first kappa shape index (κ1) is 16.0. The van der Waals surface area contributed by atoms with Gasteiger partial charge in [0.2, 0.25) is 0 Å². The van der Waals surface area contributed by atoms with E-state index in [1.165, 1.54) is 0 Å². The molecule has 0 aliphatic heterocycles. The highest BCUT2D eigenvalue weighted by molar-refractivity contribution is 6.75. The Morgan fingerprint density at radius 1 is 1.43 bits per heavy atom. The van der Waals surface area contributed by atoms with Crippen LogP contribution in [0.25, 0.3) is 0 Å². The Labute approximate surface area is 50.5 Å². The largest absolute Gasteiger partial charge is 0.124 e. The topological polar surface area (TPSA) is 0 Å². The molecule has 42 valence electrons. The van der Waals surface area contributed by atoms with Crippen molar-refractivity contribution < 1.29 is 13.5 Å². The number of halogens is 2. The molecule has 0 amide bonds. The molecular weight excluding hydrogens is 95.7 g/mol. The SMILES string of the molecule is C.C#C.FF.[2H][2H].[B][B].[HH]. The summed E-state index contributed by atoms with van der Waals surface area (Å²) in [6.45, 7) is 0. The van der Waals surface area contributed by atoms with E-state index in [4.69, 9.17) is 12.1 Å². The van der Waals surface area contributed by atoms with Crippen LogP contribution in [0.2, 0.25) is 0 Å². The standard InChI is InChI=1S/C2H2.CH4.B2.F2.2H2/c1-2;;2*1-2;;/h1-2H;1H4;;;2*1H/i;;;;1+1D;. The zero-order chi connectivity index (χ0) is 8.00. The van der Waals surface area contributed by atoms with Crippen molar-refractivity contribution in [2.45, 2.75) is 7.43 Å². The molecule has 0 unspecified atom stereocenters. The Bertz CT molecular complexity index is 24.5. The van der Waals surface area contributed by atoms with Crippen LogP contribution in [0.3, 0.4) is 0 Å². The quantitative estimate of drug-likeness (QED) is 0.325. The number of rotatable bonds is 0. The van der Waals surface area contributed by atoms with Gasteiger partial charge in [-0.25, -0.2) is 0 Å². The van der Waals surface area contributed by atoms with Gasteiger partial charge in [-0.05, 0) is 0 Å². The van der Waals surface area contributed by atoms with E-state index in [0.717, 1.165) is 0 Å². The molecule has 0 nitrogen and oxygen atoms in total. The van der Waals surface area contributed by atoms with E-state index in [1.54, 1.807) is 0 Å². The summed E-state index contributed by atoms with van der Waals surface area (Å²) < 4.78 is 26.0. The number of terminal acetylenes is 1. The molecule has 0 bridgehead atoms. The summed E-state index contributed by atoms with van der Waals surface area (Å²) in [5.41, 5.74) is 0. The van der Waals surface area contributed by atoms with Gasteiger partial charge in [-0.3, -0.25) is 0 Å². The first-order valence-corrected chi connectivity index (χ1v) is 0.810. The van der Waals surface area contributed by atoms with Gasteiger partial charge in [-0.2, -0.15) is 0 Å². The van der Waals surface area contributed by atoms with Gasteiger partial charge in [0.15, 0.2) is 0 Å². The van der Waals surface area contributed by atoms with Gasteiger partial charge in [0.1, 0.15) is 0 Å². The summed E-state index contributed by atoms with van der Waals surface area (Å²) in [6.07, 6.45) is 8.00. The lowest BCUT2D eigenvalue weighted by Crippen LogP contribution is -1.38. The van der Waals surface area contributed by atoms with Crippen LogP contribution in [0.1, 0.15) is 11.8 Å². The average Bonchev–Trinajstić information content (AvgIpc) is 2.03. The van der Waals surface area contributed by atoms with Gasteiger partial charge in [0.25, 0.3) is 0 Å². The van der Waals surface area contributed by atoms with Gasteiger partial charge < -0.3 is 0 Å². The molecule has 0 aromatic carbocycles. The third-order valence-electron chi connectivity index (χ3n) is 0. The van der Waals surface area contributed by atoms with Crippen LogP contribution in [0.15, 0.2) is 0 Å². The van der Waals surface area contributed by atoms with Crippen LogP contribution in [-0.4, -0.2) is 15.5 Å². The third-order valence-corrected chi connectivity index (χ3v) is 0. The van der Waals surface area contributed by atoms with E-state index in [9.17, 15) is 0 Å². The minimum atomic E-state index is 0. The maximum atomic E-state index is 8.00. The predicted octanol–water partition coefficient (Wildman–Crippen LogP) is 1.46. The normalized spacial score (nSPS) is 2.86. The van der Waals surface area contributed by atoms with Crippen molar-refractivity contribution in [1.82, 2.24) is 0 Å². The molecule has 0 rings (SSSR count). The third kappa shape index (κ3) is 345. The van der Waals surface area contributed by atoms with Crippen molar-refractivity contribution in [3.05, 3.63) is 0 Å². The van der Waals surface area contributed by atoms with Gasteiger partial charge in [-0.15, -0.1) is 12.8 Å². The Morgan fingerprint density at radius 3 is 1.43 bits per heavy atom. The average molecular weight is 108 g/mol. The van der Waals surface area contributed by atoms with Crippen molar-refractivity contribution in [2.24, 2.45) is 0 Å². The van der Waals surface area contributed by atoms with Crippen LogP contribution in [-0.2, 0) is 0 Å². The van der Waals surface area contributed by atoms with E-state index in [1.807, 2.05) is 0 Å². The first-order valence-electron chi connectivity index (χ1n) is 1.81. The fraction of sp³-hybridized carbons (Fsp3) is 0.333. The lowest BCUT2D eigenvalue weighted by molar-refractivity contribution is 0.108. The predicted molar refractivity (Wildman–Crippen MR) is 34.6 cm³/mol. The van der Waals surface area contributed by atoms with Crippen LogP contribution in [0.5, 0.6) is 0 Å². The summed E-state index contributed by atoms with van der Waals surface area (Å²) in [4.78, 5) is 0. The van der Waals surface area contributed by atoms with Crippen LogP contribution in [0, 0.1) is 12.8 Å². The molecule has 0 spiro atoms. The lowest BCUT2D eigenvalue weighted by atomic mass is 9.81. The minimum absolute atomic E-state index is 0. The highest BCUT2D eigenvalue weighted by atomic mass is 20.0. The number of hydrogen-bond donors (Lipinski definition) is 0. The van der Waals surface area contributed by atoms with E-state index in [-0.39, 0.29) is 8.85 Å². The summed E-state index contributed by atoms with van der Waals surface area (Å²) in [7, 11) is 8.00. The second-order valence-corrected chi connectivity index (χ2v) is 0. The second-order valence-electron chi connectivity index (χ2n) is 0. The maximum Gasteiger partial charge on any atom is 0 e. The molecule has 0 N–H and O–H groups in total. The molecule has 0 aliphatic carbocycles. The molecule has 0 aromatic heterocycles. The molecule has 4 radical (unpaired) electrons. The van der Waals surface area contributed by atoms with Gasteiger partial charge in [0.05, 0.1) is 0 Å². The highest BCUT2D eigenvalue weighted by Crippen LogP contribution is 1.42. The first-order chi connectivity index (χ1) is 4.00. The fourth-order valence-corrected chi connectivity index (χ4v) is 0. The Kier molecular flexibility index (Phi) is 1300. The minimum Gasteiger partial charge on any atom is -0.124 e. The molecule has 0 atom stereocenters. The summed E-state index contributed by atoms with van der Waals surface area (Å²) in [6, 6.07) is 0. The molecule has 0 fully saturated rings. The van der Waals surface area contributed by atoms with Gasteiger partial charge in [0, 0.05) is 29.0 Å². The lowest BCUT2D eigenvalue weighted by Gasteiger charge is -1.00. The summed E-state index contributed by atoms with van der Waals surface area (Å²) in [5, 5.41) is 0. The van der Waals surface area contributed by atoms with Crippen molar-refractivity contribution in [1.29, 1.82) is 0 Å². The Balaban J connectivity index is -0.00000000500. The Morgan fingerprint density at radius 2 is 1.43 bits per heavy atom. The smallest absolute Gasteiger partial charge is 0 e. The molecular formula is C3H10B2F2. The van der Waals surface area contributed by atoms with E-state index in [2.05, 4.69) is 28.3 Å². The fourth-order valence-electron chi connectivity index (χ4n) is 0. The molecule has 0 aromatic rings. The second kappa shape index (κ2) is 567. The zero-order valence-corrected chi connectivity index (χ0v) is 3.07. The van der Waals surface area contributed by atoms with Crippen molar-refractivity contribution in [2.75, 3.05) is 0 Å². The molecule has 0 heterocycles. The molecule has 4 heteroatoms. The van der Waals surface area contributed by atoms with Crippen molar-refractivity contribution in [3.63, 3.8) is 0 Å². The summed E-state index contributed by atoms with van der Waals surface area (Å²) in [5.74, 6) is 0. The molecule has 0 aliphatic rings. The zero-order valence-electron chi connectivity index (χ0n) is 5.07. The number of hydrogen-bond acceptors (Lipinski definition) is 0. The van der Waals surface area contributed by atoms with Crippen LogP contribution >= 0.6 is 0 Å². The Hall–Kier alpha value is -0.450. The van der Waals surface area contributed by atoms with Crippen molar-refractivity contribution >= 4 is 15.5 Å². The van der Waals surface area contributed by atoms with Gasteiger partial charge >= 0.3 is 0 Å². The molecule has 0 saturated heterocycles. The van der Waals surface area contributed by atoms with Crippen LogP contribution in [0.4, 0.5) is 9.15 Å². The van der Waals surface area contributed by atoms with Gasteiger partial charge in [-0.1, -0.05) is 7.43 Å². The summed E-state index contributed by atoms with van der Waals surface area (Å²) >= 11 is 0. The monoisotopic (exact) mass is 108 g/mol. The van der Waals surface area contributed by atoms with E-state index in [0.29, 0.717) is 0 Å². The van der Waals surface area contributed by atoms with Crippen LogP contribution < -0.4 is 0 Å². The highest BCUT2D eigenvalue weighted by Gasteiger charge is 1.00. The van der Waals surface area contributed by atoms with Crippen molar-refractivity contribution in [3.8, 4) is 12.8 Å². The molecule has 7 heavy (non-hydrogen) atoms. The molecule has 0 saturated carbocycles. The van der Waals surface area contributed by atoms with E-state index >= 15 is 0 Å².